The van der Waals surface area contributed by atoms with E-state index in [1.165, 1.54) is 13.0 Å². The Kier molecular flexibility index (Phi) is 3.12. The normalized spacial score (nSPS) is 30.2. The molecule has 0 aromatic heterocycles. The molecule has 0 aliphatic carbocycles. The van der Waals surface area contributed by atoms with Crippen LogP contribution in [0.3, 0.4) is 0 Å². The zero-order valence-corrected chi connectivity index (χ0v) is 11.4. The minimum absolute atomic E-state index is 0.0174. The highest BCUT2D eigenvalue weighted by atomic mass is 35.5. The van der Waals surface area contributed by atoms with Gasteiger partial charge in [0.15, 0.2) is 0 Å². The summed E-state index contributed by atoms with van der Waals surface area (Å²) in [5.41, 5.74) is -0.0174. The molecule has 2 fully saturated rings. The van der Waals surface area contributed by atoms with Gasteiger partial charge in [0.2, 0.25) is 0 Å². The fourth-order valence-electron chi connectivity index (χ4n) is 3.01. The molecule has 3 rings (SSSR count). The highest BCUT2D eigenvalue weighted by molar-refractivity contribution is 6.32. The number of nitrogens with zero attached hydrogens (tertiary/aromatic N) is 1. The monoisotopic (exact) mass is 267 g/mol. The first-order valence-electron chi connectivity index (χ1n) is 6.46. The quantitative estimate of drug-likeness (QED) is 0.840. The Labute approximate surface area is 113 Å². The second kappa shape index (κ2) is 4.63. The lowest BCUT2D eigenvalue weighted by molar-refractivity contribution is 0.0453. The summed E-state index contributed by atoms with van der Waals surface area (Å²) in [5, 5.41) is 0.632. The SMILES string of the molecule is COc1ccc(OC23CCCN(CC2)C3)c(Cl)c1. The van der Waals surface area contributed by atoms with Crippen LogP contribution in [0, 0.1) is 0 Å². The maximum absolute atomic E-state index is 6.24. The van der Waals surface area contributed by atoms with E-state index >= 15 is 0 Å². The molecule has 0 radical (unpaired) electrons. The van der Waals surface area contributed by atoms with Gasteiger partial charge in [-0.1, -0.05) is 11.6 Å². The summed E-state index contributed by atoms with van der Waals surface area (Å²) in [7, 11) is 1.64. The van der Waals surface area contributed by atoms with Crippen molar-refractivity contribution in [3.63, 3.8) is 0 Å². The minimum Gasteiger partial charge on any atom is -0.497 e. The molecule has 98 valence electrons. The Morgan fingerprint density at radius 1 is 1.28 bits per heavy atom. The number of fused-ring (bicyclic) bond motifs is 2. The van der Waals surface area contributed by atoms with Crippen molar-refractivity contribution in [1.29, 1.82) is 0 Å². The molecule has 1 aromatic carbocycles. The third-order valence-electron chi connectivity index (χ3n) is 3.97. The summed E-state index contributed by atoms with van der Waals surface area (Å²) >= 11 is 6.24. The second-order valence-corrected chi connectivity index (χ2v) is 5.62. The Morgan fingerprint density at radius 3 is 2.94 bits per heavy atom. The molecule has 2 heterocycles. The van der Waals surface area contributed by atoms with Crippen LogP contribution < -0.4 is 9.47 Å². The second-order valence-electron chi connectivity index (χ2n) is 5.21. The van der Waals surface area contributed by atoms with E-state index in [0.717, 1.165) is 37.4 Å². The molecule has 2 atom stereocenters. The van der Waals surface area contributed by atoms with Gasteiger partial charge < -0.3 is 9.47 Å². The molecule has 2 saturated heterocycles. The van der Waals surface area contributed by atoms with Crippen molar-refractivity contribution < 1.29 is 9.47 Å². The van der Waals surface area contributed by atoms with Gasteiger partial charge in [-0.3, -0.25) is 4.90 Å². The van der Waals surface area contributed by atoms with E-state index in [4.69, 9.17) is 21.1 Å². The Hall–Kier alpha value is -0.930. The van der Waals surface area contributed by atoms with Crippen molar-refractivity contribution in [2.75, 3.05) is 26.7 Å². The fourth-order valence-corrected chi connectivity index (χ4v) is 3.22. The average molecular weight is 268 g/mol. The zero-order chi connectivity index (χ0) is 12.6. The van der Waals surface area contributed by atoms with Crippen LogP contribution in [-0.2, 0) is 0 Å². The van der Waals surface area contributed by atoms with E-state index in [2.05, 4.69) is 4.90 Å². The molecule has 2 aliphatic heterocycles. The molecule has 4 heteroatoms. The van der Waals surface area contributed by atoms with Crippen LogP contribution in [0.5, 0.6) is 11.5 Å². The number of hydrogen-bond acceptors (Lipinski definition) is 3. The Bertz CT molecular complexity index is 447. The summed E-state index contributed by atoms with van der Waals surface area (Å²) < 4.78 is 11.4. The maximum Gasteiger partial charge on any atom is 0.139 e. The van der Waals surface area contributed by atoms with Crippen molar-refractivity contribution in [3.8, 4) is 11.5 Å². The lowest BCUT2D eigenvalue weighted by atomic mass is 9.94. The van der Waals surface area contributed by atoms with Crippen molar-refractivity contribution >= 4 is 11.6 Å². The number of ether oxygens (including phenoxy) is 2. The third kappa shape index (κ3) is 2.17. The number of piperidine rings is 1. The number of methoxy groups -OCH3 is 1. The predicted molar refractivity (Wildman–Crippen MR) is 71.7 cm³/mol. The van der Waals surface area contributed by atoms with Gasteiger partial charge in [-0.25, -0.2) is 0 Å². The van der Waals surface area contributed by atoms with Gasteiger partial charge >= 0.3 is 0 Å². The predicted octanol–water partition coefficient (Wildman–Crippen LogP) is 2.97. The van der Waals surface area contributed by atoms with Gasteiger partial charge in [0.25, 0.3) is 0 Å². The molecule has 2 bridgehead atoms. The van der Waals surface area contributed by atoms with Crippen LogP contribution in [0.25, 0.3) is 0 Å². The standard InChI is InChI=1S/C14H18ClNO2/c1-17-11-3-4-13(12(15)9-11)18-14-5-2-7-16(10-14)8-6-14/h3-4,9H,2,5-8,10H2,1H3. The van der Waals surface area contributed by atoms with Gasteiger partial charge in [-0.05, 0) is 31.5 Å². The molecule has 1 aromatic rings. The molecule has 0 saturated carbocycles. The first-order chi connectivity index (χ1) is 8.71. The number of benzene rings is 1. The van der Waals surface area contributed by atoms with Crippen LogP contribution in [-0.4, -0.2) is 37.2 Å². The van der Waals surface area contributed by atoms with Crippen LogP contribution >= 0.6 is 11.6 Å². The van der Waals surface area contributed by atoms with Gasteiger partial charge in [0.1, 0.15) is 17.1 Å². The Balaban J connectivity index is 1.80. The minimum atomic E-state index is -0.0174. The van der Waals surface area contributed by atoms with E-state index < -0.39 is 0 Å². The third-order valence-corrected chi connectivity index (χ3v) is 4.26. The molecule has 2 aliphatic rings. The first kappa shape index (κ1) is 12.1. The molecular weight excluding hydrogens is 250 g/mol. The number of rotatable bonds is 3. The van der Waals surface area contributed by atoms with E-state index in [0.29, 0.717) is 5.02 Å². The largest absolute Gasteiger partial charge is 0.497 e. The zero-order valence-electron chi connectivity index (χ0n) is 10.6. The van der Waals surface area contributed by atoms with Crippen molar-refractivity contribution in [3.05, 3.63) is 23.2 Å². The van der Waals surface area contributed by atoms with Gasteiger partial charge in [-0.2, -0.15) is 0 Å². The van der Waals surface area contributed by atoms with E-state index in [9.17, 15) is 0 Å². The van der Waals surface area contributed by atoms with Crippen molar-refractivity contribution in [2.45, 2.75) is 24.9 Å². The highest BCUT2D eigenvalue weighted by Gasteiger charge is 2.43. The average Bonchev–Trinajstić information content (AvgIpc) is 2.67. The van der Waals surface area contributed by atoms with E-state index in [1.54, 1.807) is 7.11 Å². The van der Waals surface area contributed by atoms with Crippen molar-refractivity contribution in [1.82, 2.24) is 4.90 Å². The van der Waals surface area contributed by atoms with E-state index in [-0.39, 0.29) is 5.60 Å². The summed E-state index contributed by atoms with van der Waals surface area (Å²) in [6.45, 7) is 3.39. The van der Waals surface area contributed by atoms with Crippen molar-refractivity contribution in [2.24, 2.45) is 0 Å². The van der Waals surface area contributed by atoms with Gasteiger partial charge in [0.05, 0.1) is 12.1 Å². The van der Waals surface area contributed by atoms with Gasteiger partial charge in [0, 0.05) is 25.6 Å². The summed E-state index contributed by atoms with van der Waals surface area (Å²) in [6, 6.07) is 5.61. The summed E-state index contributed by atoms with van der Waals surface area (Å²) in [4.78, 5) is 2.47. The maximum atomic E-state index is 6.24. The summed E-state index contributed by atoms with van der Waals surface area (Å²) in [5.74, 6) is 1.54. The molecule has 0 spiro atoms. The molecular formula is C14H18ClNO2. The topological polar surface area (TPSA) is 21.7 Å². The first-order valence-corrected chi connectivity index (χ1v) is 6.83. The summed E-state index contributed by atoms with van der Waals surface area (Å²) in [6.07, 6.45) is 3.45. The van der Waals surface area contributed by atoms with Crippen LogP contribution in [0.2, 0.25) is 5.02 Å². The lowest BCUT2D eigenvalue weighted by Crippen LogP contribution is -2.43. The van der Waals surface area contributed by atoms with Crippen LogP contribution in [0.15, 0.2) is 18.2 Å². The number of hydrogen-bond donors (Lipinski definition) is 0. The highest BCUT2D eigenvalue weighted by Crippen LogP contribution is 2.38. The molecule has 0 N–H and O–H groups in total. The Morgan fingerprint density at radius 2 is 2.17 bits per heavy atom. The molecule has 3 nitrogen and oxygen atoms in total. The number of halogens is 1. The van der Waals surface area contributed by atoms with Crippen LogP contribution in [0.4, 0.5) is 0 Å². The van der Waals surface area contributed by atoms with E-state index in [1.807, 2.05) is 18.2 Å². The molecule has 0 amide bonds. The molecule has 18 heavy (non-hydrogen) atoms. The molecule has 2 unspecified atom stereocenters. The smallest absolute Gasteiger partial charge is 0.139 e. The van der Waals surface area contributed by atoms with Gasteiger partial charge in [-0.15, -0.1) is 0 Å². The fraction of sp³-hybridized carbons (Fsp3) is 0.571. The van der Waals surface area contributed by atoms with Crippen LogP contribution in [0.1, 0.15) is 19.3 Å². The lowest BCUT2D eigenvalue weighted by Gasteiger charge is -2.34.